The van der Waals surface area contributed by atoms with Crippen LogP contribution in [-0.2, 0) is 4.79 Å². The van der Waals surface area contributed by atoms with Gasteiger partial charge in [0, 0.05) is 31.7 Å². The Morgan fingerprint density at radius 1 is 1.06 bits per heavy atom. The van der Waals surface area contributed by atoms with Crippen molar-refractivity contribution in [3.63, 3.8) is 0 Å². The summed E-state index contributed by atoms with van der Waals surface area (Å²) in [4.78, 5) is 17.4. The smallest absolute Gasteiger partial charge is 0.277 e. The van der Waals surface area contributed by atoms with Crippen LogP contribution in [0.15, 0.2) is 58.2 Å². The largest absolute Gasteiger partial charge is 0.411 e. The Morgan fingerprint density at radius 2 is 1.81 bits per heavy atom. The summed E-state index contributed by atoms with van der Waals surface area (Å²) < 4.78 is 5.74. The fourth-order valence-electron chi connectivity index (χ4n) is 3.66. The molecule has 0 saturated carbocycles. The summed E-state index contributed by atoms with van der Waals surface area (Å²) in [6.07, 6.45) is 0. The van der Waals surface area contributed by atoms with Crippen LogP contribution in [0.25, 0.3) is 11.5 Å². The minimum atomic E-state index is -0.0970. The van der Waals surface area contributed by atoms with Crippen LogP contribution in [0.4, 0.5) is 11.4 Å². The number of benzene rings is 2. The fraction of sp³-hybridized carbons (Fsp3) is 0.348. The van der Waals surface area contributed by atoms with Gasteiger partial charge < -0.3 is 19.5 Å². The van der Waals surface area contributed by atoms with E-state index < -0.39 is 0 Å². The van der Waals surface area contributed by atoms with E-state index in [9.17, 15) is 4.79 Å². The van der Waals surface area contributed by atoms with E-state index in [1.165, 1.54) is 11.8 Å². The number of amides is 1. The third-order valence-corrected chi connectivity index (χ3v) is 6.27. The van der Waals surface area contributed by atoms with Gasteiger partial charge in [-0.3, -0.25) is 4.79 Å². The molecule has 0 unspecified atom stereocenters. The van der Waals surface area contributed by atoms with Gasteiger partial charge in [-0.25, -0.2) is 0 Å². The molecule has 0 bridgehead atoms. The maximum atomic E-state index is 12.6. The van der Waals surface area contributed by atoms with Crippen molar-refractivity contribution in [1.82, 2.24) is 15.1 Å². The average Bonchev–Trinajstić information content (AvgIpc) is 3.27. The minimum absolute atomic E-state index is 0.0970. The van der Waals surface area contributed by atoms with Crippen molar-refractivity contribution >= 4 is 29.0 Å². The average molecular weight is 438 g/mol. The highest BCUT2D eigenvalue weighted by atomic mass is 32.2. The zero-order chi connectivity index (χ0) is 21.6. The van der Waals surface area contributed by atoms with Crippen LogP contribution in [0.2, 0.25) is 0 Å². The molecule has 1 aliphatic heterocycles. The van der Waals surface area contributed by atoms with Gasteiger partial charge in [-0.1, -0.05) is 49.0 Å². The first kappa shape index (κ1) is 21.4. The van der Waals surface area contributed by atoms with E-state index in [1.807, 2.05) is 49.4 Å². The number of para-hydroxylation sites is 2. The van der Waals surface area contributed by atoms with Crippen LogP contribution >= 0.6 is 11.8 Å². The SMILES string of the molecule is CCN1CCN(c2ccccc2NC(=O)CSc2nnc(-c3ccccc3C)o2)CC1. The first-order chi connectivity index (χ1) is 15.1. The van der Waals surface area contributed by atoms with Gasteiger partial charge in [0.2, 0.25) is 11.8 Å². The Morgan fingerprint density at radius 3 is 2.58 bits per heavy atom. The quantitative estimate of drug-likeness (QED) is 0.562. The van der Waals surface area contributed by atoms with Crippen LogP contribution in [0, 0.1) is 6.92 Å². The van der Waals surface area contributed by atoms with Crippen molar-refractivity contribution in [3.8, 4) is 11.5 Å². The van der Waals surface area contributed by atoms with E-state index >= 15 is 0 Å². The number of hydrogen-bond donors (Lipinski definition) is 1. The van der Waals surface area contributed by atoms with E-state index in [4.69, 9.17) is 4.42 Å². The highest BCUT2D eigenvalue weighted by molar-refractivity contribution is 7.99. The van der Waals surface area contributed by atoms with Crippen LogP contribution in [0.5, 0.6) is 0 Å². The number of nitrogens with one attached hydrogen (secondary N) is 1. The van der Waals surface area contributed by atoms with Gasteiger partial charge in [0.1, 0.15) is 0 Å². The van der Waals surface area contributed by atoms with Crippen molar-refractivity contribution in [2.24, 2.45) is 0 Å². The van der Waals surface area contributed by atoms with Gasteiger partial charge in [0.25, 0.3) is 5.22 Å². The Hall–Kier alpha value is -2.84. The Bertz CT molecular complexity index is 1030. The number of rotatable bonds is 7. The second kappa shape index (κ2) is 9.98. The lowest BCUT2D eigenvalue weighted by Gasteiger charge is -2.36. The molecule has 1 aliphatic rings. The number of aryl methyl sites for hydroxylation is 1. The highest BCUT2D eigenvalue weighted by Gasteiger charge is 2.19. The predicted octanol–water partition coefficient (Wildman–Crippen LogP) is 3.92. The number of carbonyl (C=O) groups is 1. The third kappa shape index (κ3) is 5.26. The standard InChI is InChI=1S/C23H27N5O2S/c1-3-27-12-14-28(15-13-27)20-11-7-6-10-19(20)24-21(29)16-31-23-26-25-22(30-23)18-9-5-4-8-17(18)2/h4-11H,3,12-16H2,1-2H3,(H,24,29). The van der Waals surface area contributed by atoms with Crippen molar-refractivity contribution in [1.29, 1.82) is 0 Å². The van der Waals surface area contributed by atoms with Crippen LogP contribution in [0.1, 0.15) is 12.5 Å². The molecule has 4 rings (SSSR count). The van der Waals surface area contributed by atoms with Crippen molar-refractivity contribution < 1.29 is 9.21 Å². The summed E-state index contributed by atoms with van der Waals surface area (Å²) in [7, 11) is 0. The molecule has 0 aliphatic carbocycles. The molecule has 1 aromatic heterocycles. The summed E-state index contributed by atoms with van der Waals surface area (Å²) in [5.41, 5.74) is 3.88. The monoisotopic (exact) mass is 437 g/mol. The third-order valence-electron chi connectivity index (χ3n) is 5.45. The highest BCUT2D eigenvalue weighted by Crippen LogP contribution is 2.28. The Balaban J connectivity index is 1.35. The molecule has 1 fully saturated rings. The van der Waals surface area contributed by atoms with Gasteiger partial charge in [-0.05, 0) is 37.2 Å². The lowest BCUT2D eigenvalue weighted by molar-refractivity contribution is -0.113. The molecule has 162 valence electrons. The molecule has 7 nitrogen and oxygen atoms in total. The normalized spacial score (nSPS) is 14.6. The van der Waals surface area contributed by atoms with Gasteiger partial charge in [-0.15, -0.1) is 10.2 Å². The van der Waals surface area contributed by atoms with Crippen LogP contribution in [-0.4, -0.2) is 59.5 Å². The lowest BCUT2D eigenvalue weighted by Crippen LogP contribution is -2.46. The summed E-state index contributed by atoms with van der Waals surface area (Å²) in [5, 5.41) is 11.6. The maximum absolute atomic E-state index is 12.6. The van der Waals surface area contributed by atoms with Gasteiger partial charge in [-0.2, -0.15) is 0 Å². The maximum Gasteiger partial charge on any atom is 0.277 e. The molecule has 0 radical (unpaired) electrons. The summed E-state index contributed by atoms with van der Waals surface area (Å²) in [5.74, 6) is 0.575. The molecule has 31 heavy (non-hydrogen) atoms. The summed E-state index contributed by atoms with van der Waals surface area (Å²) >= 11 is 1.24. The van der Waals surface area contributed by atoms with E-state index in [2.05, 4.69) is 38.3 Å². The number of aromatic nitrogens is 2. The molecule has 2 aromatic carbocycles. The fourth-order valence-corrected chi connectivity index (χ4v) is 4.23. The summed E-state index contributed by atoms with van der Waals surface area (Å²) in [6.45, 7) is 9.25. The zero-order valence-corrected chi connectivity index (χ0v) is 18.7. The first-order valence-corrected chi connectivity index (χ1v) is 11.5. The molecule has 1 amide bonds. The number of nitrogens with zero attached hydrogens (tertiary/aromatic N) is 4. The van der Waals surface area contributed by atoms with E-state index in [0.717, 1.165) is 55.2 Å². The van der Waals surface area contributed by atoms with E-state index in [1.54, 1.807) is 0 Å². The molecule has 1 N–H and O–H groups in total. The lowest BCUT2D eigenvalue weighted by atomic mass is 10.1. The predicted molar refractivity (Wildman–Crippen MR) is 125 cm³/mol. The second-order valence-corrected chi connectivity index (χ2v) is 8.39. The number of thioether (sulfide) groups is 1. The minimum Gasteiger partial charge on any atom is -0.411 e. The topological polar surface area (TPSA) is 74.5 Å². The molecule has 1 saturated heterocycles. The van der Waals surface area contributed by atoms with Gasteiger partial charge >= 0.3 is 0 Å². The van der Waals surface area contributed by atoms with Crippen molar-refractivity contribution in [3.05, 3.63) is 54.1 Å². The van der Waals surface area contributed by atoms with Crippen LogP contribution in [0.3, 0.4) is 0 Å². The Labute approximate surface area is 186 Å². The molecular formula is C23H27N5O2S. The van der Waals surface area contributed by atoms with E-state index in [0.29, 0.717) is 11.1 Å². The number of hydrogen-bond acceptors (Lipinski definition) is 7. The molecule has 0 atom stereocenters. The van der Waals surface area contributed by atoms with Crippen LogP contribution < -0.4 is 10.2 Å². The Kier molecular flexibility index (Phi) is 6.89. The molecule has 0 spiro atoms. The molecule has 8 heteroatoms. The first-order valence-electron chi connectivity index (χ1n) is 10.5. The van der Waals surface area contributed by atoms with Crippen molar-refractivity contribution in [2.45, 2.75) is 19.1 Å². The number of carbonyl (C=O) groups excluding carboxylic acids is 1. The number of likely N-dealkylation sites (N-methyl/N-ethyl adjacent to an activating group) is 1. The zero-order valence-electron chi connectivity index (χ0n) is 17.9. The van der Waals surface area contributed by atoms with Gasteiger partial charge in [0.05, 0.1) is 17.1 Å². The summed E-state index contributed by atoms with van der Waals surface area (Å²) in [6, 6.07) is 15.8. The van der Waals surface area contributed by atoms with Crippen molar-refractivity contribution in [2.75, 3.05) is 48.7 Å². The second-order valence-electron chi connectivity index (χ2n) is 7.46. The van der Waals surface area contributed by atoms with Gasteiger partial charge in [0.15, 0.2) is 0 Å². The molecule has 2 heterocycles. The number of piperazine rings is 1. The van der Waals surface area contributed by atoms with E-state index in [-0.39, 0.29) is 11.7 Å². The molecular weight excluding hydrogens is 410 g/mol. The molecule has 3 aromatic rings. The number of anilines is 2.